The van der Waals surface area contributed by atoms with Crippen LogP contribution in [0.25, 0.3) is 61.4 Å². The Bertz CT molecular complexity index is 1840. The molecule has 0 bridgehead atoms. The number of para-hydroxylation sites is 1. The van der Waals surface area contributed by atoms with Crippen LogP contribution >= 0.6 is 0 Å². The number of rotatable bonds is 3. The van der Waals surface area contributed by atoms with Crippen LogP contribution in [0.15, 0.2) is 116 Å². The molecule has 0 saturated heterocycles. The molecule has 0 aliphatic rings. The minimum absolute atomic E-state index is 0.913. The first-order chi connectivity index (χ1) is 17.3. The van der Waals surface area contributed by atoms with Gasteiger partial charge in [-0.1, -0.05) is 54.6 Å². The first-order valence-electron chi connectivity index (χ1n) is 11.5. The maximum Gasteiger partial charge on any atom is 0.137 e. The average Bonchev–Trinajstić information content (AvgIpc) is 3.33. The van der Waals surface area contributed by atoms with E-state index in [4.69, 9.17) is 15.0 Å². The summed E-state index contributed by atoms with van der Waals surface area (Å²) >= 11 is 0. The molecule has 7 aromatic rings. The highest BCUT2D eigenvalue weighted by Crippen LogP contribution is 2.34. The Morgan fingerprint density at radius 1 is 0.543 bits per heavy atom. The zero-order valence-corrected chi connectivity index (χ0v) is 18.7. The van der Waals surface area contributed by atoms with Crippen LogP contribution in [-0.4, -0.2) is 24.3 Å². The maximum absolute atomic E-state index is 5.07. The zero-order chi connectivity index (χ0) is 23.2. The van der Waals surface area contributed by atoms with Crippen molar-refractivity contribution in [2.24, 2.45) is 0 Å². The molecule has 0 fully saturated rings. The summed E-state index contributed by atoms with van der Waals surface area (Å²) in [5.41, 5.74) is 9.76. The fraction of sp³-hybridized carbons (Fsp3) is 0. The number of aromatic nitrogens is 5. The molecular formula is C30H19N5. The van der Waals surface area contributed by atoms with Gasteiger partial charge in [-0.25, -0.2) is 15.0 Å². The van der Waals surface area contributed by atoms with E-state index in [0.717, 1.165) is 61.4 Å². The molecule has 2 aromatic carbocycles. The number of pyridine rings is 4. The second-order valence-corrected chi connectivity index (χ2v) is 8.44. The largest absolute Gasteiger partial charge is 0.298 e. The molecule has 5 aromatic heterocycles. The maximum atomic E-state index is 5.07. The Hall–Kier alpha value is -4.90. The first-order valence-corrected chi connectivity index (χ1v) is 11.5. The van der Waals surface area contributed by atoms with Gasteiger partial charge in [0.1, 0.15) is 11.2 Å². The lowest BCUT2D eigenvalue weighted by Crippen LogP contribution is -1.92. The predicted molar refractivity (Wildman–Crippen MR) is 140 cm³/mol. The minimum atomic E-state index is 0.913. The van der Waals surface area contributed by atoms with Gasteiger partial charge < -0.3 is 0 Å². The second kappa shape index (κ2) is 7.85. The number of fused-ring (bicyclic) bond motifs is 5. The summed E-state index contributed by atoms with van der Waals surface area (Å²) in [6.45, 7) is 0. The molecule has 0 aliphatic carbocycles. The third-order valence-corrected chi connectivity index (χ3v) is 6.32. The molecule has 35 heavy (non-hydrogen) atoms. The molecule has 5 heterocycles. The third kappa shape index (κ3) is 3.25. The van der Waals surface area contributed by atoms with Crippen molar-refractivity contribution in [3.63, 3.8) is 0 Å². The highest BCUT2D eigenvalue weighted by atomic mass is 15.0. The Morgan fingerprint density at radius 3 is 2.09 bits per heavy atom. The molecular weight excluding hydrogens is 430 g/mol. The molecule has 0 saturated carbocycles. The summed E-state index contributed by atoms with van der Waals surface area (Å²) in [5.74, 6) is 0. The lowest BCUT2D eigenvalue weighted by Gasteiger charge is -2.09. The van der Waals surface area contributed by atoms with Gasteiger partial charge >= 0.3 is 0 Å². The molecule has 0 amide bonds. The summed E-state index contributed by atoms with van der Waals surface area (Å²) in [7, 11) is 0. The van der Waals surface area contributed by atoms with E-state index in [-0.39, 0.29) is 0 Å². The average molecular weight is 450 g/mol. The van der Waals surface area contributed by atoms with Crippen molar-refractivity contribution in [2.45, 2.75) is 0 Å². The lowest BCUT2D eigenvalue weighted by atomic mass is 10.0. The number of hydrogen-bond donors (Lipinski definition) is 0. The number of hydrogen-bond acceptors (Lipinski definition) is 4. The van der Waals surface area contributed by atoms with E-state index in [0.29, 0.717) is 0 Å². The zero-order valence-electron chi connectivity index (χ0n) is 18.7. The fourth-order valence-corrected chi connectivity index (χ4v) is 4.63. The van der Waals surface area contributed by atoms with Crippen LogP contribution in [0.4, 0.5) is 0 Å². The topological polar surface area (TPSA) is 56.0 Å². The van der Waals surface area contributed by atoms with Crippen molar-refractivity contribution in [1.29, 1.82) is 0 Å². The van der Waals surface area contributed by atoms with Gasteiger partial charge in [-0.2, -0.15) is 0 Å². The van der Waals surface area contributed by atoms with Gasteiger partial charge in [0.05, 0.1) is 28.1 Å². The van der Waals surface area contributed by atoms with Crippen molar-refractivity contribution >= 4 is 27.6 Å². The van der Waals surface area contributed by atoms with Gasteiger partial charge in [0.15, 0.2) is 0 Å². The van der Waals surface area contributed by atoms with Crippen molar-refractivity contribution in [3.8, 4) is 33.8 Å². The van der Waals surface area contributed by atoms with Crippen molar-refractivity contribution in [2.75, 3.05) is 0 Å². The van der Waals surface area contributed by atoms with Gasteiger partial charge in [-0.05, 0) is 42.5 Å². The molecule has 0 N–H and O–H groups in total. The van der Waals surface area contributed by atoms with Crippen LogP contribution in [0.5, 0.6) is 0 Å². The Morgan fingerprint density at radius 2 is 1.26 bits per heavy atom. The molecule has 0 unspecified atom stereocenters. The van der Waals surface area contributed by atoms with Gasteiger partial charge in [-0.3, -0.25) is 9.38 Å². The van der Waals surface area contributed by atoms with Crippen LogP contribution in [0.1, 0.15) is 0 Å². The van der Waals surface area contributed by atoms with Crippen LogP contribution in [0, 0.1) is 0 Å². The highest BCUT2D eigenvalue weighted by Gasteiger charge is 2.16. The summed E-state index contributed by atoms with van der Waals surface area (Å²) < 4.78 is 2.12. The smallest absolute Gasteiger partial charge is 0.137 e. The van der Waals surface area contributed by atoms with Crippen molar-refractivity contribution in [3.05, 3.63) is 116 Å². The van der Waals surface area contributed by atoms with Gasteiger partial charge in [0, 0.05) is 40.7 Å². The van der Waals surface area contributed by atoms with E-state index >= 15 is 0 Å². The second-order valence-electron chi connectivity index (χ2n) is 8.44. The van der Waals surface area contributed by atoms with E-state index < -0.39 is 0 Å². The summed E-state index contributed by atoms with van der Waals surface area (Å²) in [5, 5.41) is 1.06. The van der Waals surface area contributed by atoms with Gasteiger partial charge in [-0.15, -0.1) is 0 Å². The minimum Gasteiger partial charge on any atom is -0.298 e. The molecule has 0 atom stereocenters. The van der Waals surface area contributed by atoms with Crippen LogP contribution in [-0.2, 0) is 0 Å². The quantitative estimate of drug-likeness (QED) is 0.297. The molecule has 5 heteroatoms. The van der Waals surface area contributed by atoms with Crippen LogP contribution in [0.3, 0.4) is 0 Å². The van der Waals surface area contributed by atoms with E-state index in [1.54, 1.807) is 12.4 Å². The Labute approximate surface area is 201 Å². The molecule has 7 rings (SSSR count). The number of imidazole rings is 1. The molecule has 0 aliphatic heterocycles. The van der Waals surface area contributed by atoms with Crippen LogP contribution < -0.4 is 0 Å². The third-order valence-electron chi connectivity index (χ3n) is 6.32. The van der Waals surface area contributed by atoms with Crippen LogP contribution in [0.2, 0.25) is 0 Å². The number of nitrogens with zero attached hydrogens (tertiary/aromatic N) is 5. The van der Waals surface area contributed by atoms with Crippen molar-refractivity contribution < 1.29 is 0 Å². The lowest BCUT2D eigenvalue weighted by molar-refractivity contribution is 1.22. The summed E-state index contributed by atoms with van der Waals surface area (Å²) in [6, 6.07) is 32.8. The summed E-state index contributed by atoms with van der Waals surface area (Å²) in [6.07, 6.45) is 5.62. The molecule has 0 radical (unpaired) electrons. The Kier molecular flexibility index (Phi) is 4.39. The van der Waals surface area contributed by atoms with E-state index in [1.807, 2.05) is 72.9 Å². The Balaban J connectivity index is 1.38. The fourth-order valence-electron chi connectivity index (χ4n) is 4.63. The van der Waals surface area contributed by atoms with E-state index in [9.17, 15) is 0 Å². The predicted octanol–water partition coefficient (Wildman–Crippen LogP) is 6.83. The van der Waals surface area contributed by atoms with E-state index in [2.05, 4.69) is 39.7 Å². The van der Waals surface area contributed by atoms with Crippen molar-refractivity contribution in [1.82, 2.24) is 24.3 Å². The standard InChI is InChI=1S/C30H19N5/c1-2-7-26-23(6-1)29-30(35-19-4-3-10-27(35)34-29)28(33-26)22-13-11-20(12-14-22)24-8-5-9-25(32-24)21-15-17-31-18-16-21/h1-19H. The number of benzene rings is 2. The van der Waals surface area contributed by atoms with E-state index in [1.165, 1.54) is 0 Å². The van der Waals surface area contributed by atoms with Gasteiger partial charge in [0.2, 0.25) is 0 Å². The van der Waals surface area contributed by atoms with Gasteiger partial charge in [0.25, 0.3) is 0 Å². The molecule has 164 valence electrons. The molecule has 0 spiro atoms. The summed E-state index contributed by atoms with van der Waals surface area (Å²) in [4.78, 5) is 19.0. The highest BCUT2D eigenvalue weighted by molar-refractivity contribution is 6.09. The monoisotopic (exact) mass is 449 g/mol. The normalized spacial score (nSPS) is 11.4. The first kappa shape index (κ1) is 19.6. The SMILES string of the molecule is c1cc(-c2ccncc2)nc(-c2ccc(-c3nc4ccccc4c4nc5ccccn5c34)cc2)c1. The molecule has 5 nitrogen and oxygen atoms in total.